The third-order valence-corrected chi connectivity index (χ3v) is 5.79. The zero-order valence-corrected chi connectivity index (χ0v) is 18.2. The van der Waals surface area contributed by atoms with Crippen LogP contribution in [-0.2, 0) is 7.05 Å². The zero-order valence-electron chi connectivity index (χ0n) is 18.2. The molecule has 0 radical (unpaired) electrons. The molecule has 0 N–H and O–H groups in total. The number of carbonyl (C=O) groups is 1. The fourth-order valence-electron chi connectivity index (χ4n) is 3.91. The highest BCUT2D eigenvalue weighted by molar-refractivity contribution is 5.88. The van der Waals surface area contributed by atoms with Crippen LogP contribution in [0.2, 0.25) is 0 Å². The van der Waals surface area contributed by atoms with Gasteiger partial charge in [0.15, 0.2) is 11.5 Å². The summed E-state index contributed by atoms with van der Waals surface area (Å²) in [6.45, 7) is 0.566. The summed E-state index contributed by atoms with van der Waals surface area (Å²) in [5.41, 5.74) is 2.54. The third kappa shape index (κ3) is 4.10. The SMILES string of the molecule is COc1cccc(-c2ncc3c(n2)n(C)c(=O)n3C(=O)N(C)CCC2=CCCCC2)c1. The van der Waals surface area contributed by atoms with Crippen LogP contribution in [0.3, 0.4) is 0 Å². The Morgan fingerprint density at radius 2 is 2.13 bits per heavy atom. The second-order valence-corrected chi connectivity index (χ2v) is 7.87. The summed E-state index contributed by atoms with van der Waals surface area (Å²) in [6.07, 6.45) is 9.30. The minimum atomic E-state index is -0.430. The van der Waals surface area contributed by atoms with Gasteiger partial charge in [0.2, 0.25) is 0 Å². The summed E-state index contributed by atoms with van der Waals surface area (Å²) >= 11 is 0. The molecule has 0 saturated carbocycles. The van der Waals surface area contributed by atoms with E-state index in [0.29, 0.717) is 29.3 Å². The molecule has 2 heterocycles. The van der Waals surface area contributed by atoms with Crippen molar-refractivity contribution in [1.82, 2.24) is 24.0 Å². The molecular formula is C23H27N5O3. The van der Waals surface area contributed by atoms with Crippen LogP contribution < -0.4 is 10.4 Å². The monoisotopic (exact) mass is 421 g/mol. The number of nitrogens with zero attached hydrogens (tertiary/aromatic N) is 5. The number of aromatic nitrogens is 4. The Hall–Kier alpha value is -3.42. The van der Waals surface area contributed by atoms with Crippen molar-refractivity contribution in [1.29, 1.82) is 0 Å². The first-order valence-electron chi connectivity index (χ1n) is 10.5. The molecule has 3 aromatic rings. The number of rotatable bonds is 5. The maximum atomic E-state index is 13.1. The summed E-state index contributed by atoms with van der Waals surface area (Å²) in [5.74, 6) is 1.15. The lowest BCUT2D eigenvalue weighted by Gasteiger charge is -2.19. The first-order valence-corrected chi connectivity index (χ1v) is 10.5. The number of benzene rings is 1. The van der Waals surface area contributed by atoms with Crippen molar-refractivity contribution in [2.24, 2.45) is 7.05 Å². The molecule has 162 valence electrons. The van der Waals surface area contributed by atoms with Gasteiger partial charge in [0.1, 0.15) is 11.3 Å². The normalized spacial score (nSPS) is 13.8. The van der Waals surface area contributed by atoms with Crippen molar-refractivity contribution < 1.29 is 9.53 Å². The highest BCUT2D eigenvalue weighted by Crippen LogP contribution is 2.23. The number of hydrogen-bond donors (Lipinski definition) is 0. The van der Waals surface area contributed by atoms with Gasteiger partial charge < -0.3 is 9.64 Å². The molecule has 1 aliphatic carbocycles. The van der Waals surface area contributed by atoms with E-state index in [1.165, 1.54) is 29.2 Å². The molecule has 8 heteroatoms. The molecule has 0 aliphatic heterocycles. The Bertz CT molecular complexity index is 1210. The van der Waals surface area contributed by atoms with Crippen molar-refractivity contribution in [3.8, 4) is 17.1 Å². The molecule has 0 unspecified atom stereocenters. The number of allylic oxidation sites excluding steroid dienone is 1. The van der Waals surface area contributed by atoms with Crippen molar-refractivity contribution >= 4 is 17.2 Å². The molecule has 31 heavy (non-hydrogen) atoms. The van der Waals surface area contributed by atoms with Crippen molar-refractivity contribution in [3.63, 3.8) is 0 Å². The van der Waals surface area contributed by atoms with Crippen LogP contribution in [0.25, 0.3) is 22.6 Å². The van der Waals surface area contributed by atoms with E-state index in [1.807, 2.05) is 24.3 Å². The molecule has 0 spiro atoms. The van der Waals surface area contributed by atoms with Gasteiger partial charge in [-0.25, -0.2) is 24.1 Å². The predicted molar refractivity (Wildman–Crippen MR) is 119 cm³/mol. The maximum absolute atomic E-state index is 13.1. The molecular weight excluding hydrogens is 394 g/mol. The van der Waals surface area contributed by atoms with Gasteiger partial charge in [0.05, 0.1) is 13.3 Å². The third-order valence-electron chi connectivity index (χ3n) is 5.79. The van der Waals surface area contributed by atoms with Gasteiger partial charge in [-0.2, -0.15) is 0 Å². The van der Waals surface area contributed by atoms with Gasteiger partial charge in [-0.15, -0.1) is 0 Å². The van der Waals surface area contributed by atoms with Crippen molar-refractivity contribution in [2.75, 3.05) is 20.7 Å². The van der Waals surface area contributed by atoms with Gasteiger partial charge >= 0.3 is 11.7 Å². The number of ether oxygens (including phenoxy) is 1. The smallest absolute Gasteiger partial charge is 0.338 e. The largest absolute Gasteiger partial charge is 0.497 e. The minimum Gasteiger partial charge on any atom is -0.497 e. The van der Waals surface area contributed by atoms with Gasteiger partial charge in [-0.1, -0.05) is 23.8 Å². The average molecular weight is 422 g/mol. The Balaban J connectivity index is 1.63. The topological polar surface area (TPSA) is 82.2 Å². The summed E-state index contributed by atoms with van der Waals surface area (Å²) in [6, 6.07) is 7.02. The number of imidazole rings is 1. The fourth-order valence-corrected chi connectivity index (χ4v) is 3.91. The van der Waals surface area contributed by atoms with Crippen LogP contribution in [-0.4, -0.2) is 50.7 Å². The van der Waals surface area contributed by atoms with Crippen LogP contribution in [0.4, 0.5) is 4.79 Å². The number of methoxy groups -OCH3 is 1. The van der Waals surface area contributed by atoms with Gasteiger partial charge in [0.25, 0.3) is 0 Å². The second kappa shape index (κ2) is 8.75. The standard InChI is InChI=1S/C23H27N5O3/c1-26(13-12-16-8-5-4-6-9-16)22(29)28-19-15-24-20(25-21(19)27(2)23(28)30)17-10-7-11-18(14-17)31-3/h7-8,10-11,14-15H,4-6,9,12-13H2,1-3H3. The number of carbonyl (C=O) groups excluding carboxylic acids is 1. The van der Waals surface area contributed by atoms with Crippen LogP contribution >= 0.6 is 0 Å². The van der Waals surface area contributed by atoms with E-state index in [-0.39, 0.29) is 6.03 Å². The van der Waals surface area contributed by atoms with Crippen LogP contribution in [0, 0.1) is 0 Å². The van der Waals surface area contributed by atoms with E-state index in [2.05, 4.69) is 16.0 Å². The zero-order chi connectivity index (χ0) is 22.0. The number of fused-ring (bicyclic) bond motifs is 1. The first-order chi connectivity index (χ1) is 15.0. The predicted octanol–water partition coefficient (Wildman–Crippen LogP) is 3.60. The van der Waals surface area contributed by atoms with Crippen LogP contribution in [0.15, 0.2) is 46.9 Å². The Morgan fingerprint density at radius 3 is 2.87 bits per heavy atom. The second-order valence-electron chi connectivity index (χ2n) is 7.87. The van der Waals surface area contributed by atoms with E-state index < -0.39 is 5.69 Å². The molecule has 4 rings (SSSR count). The quantitative estimate of drug-likeness (QED) is 0.588. The number of aryl methyl sites for hydroxylation is 1. The molecule has 1 aliphatic rings. The summed E-state index contributed by atoms with van der Waals surface area (Å²) in [4.78, 5) is 36.5. The Labute approximate surface area is 180 Å². The van der Waals surface area contributed by atoms with Crippen LogP contribution in [0.1, 0.15) is 32.1 Å². The lowest BCUT2D eigenvalue weighted by molar-refractivity contribution is 0.211. The molecule has 1 amide bonds. The average Bonchev–Trinajstić information content (AvgIpc) is 3.07. The van der Waals surface area contributed by atoms with Gasteiger partial charge in [-0.3, -0.25) is 4.57 Å². The summed E-state index contributed by atoms with van der Waals surface area (Å²) < 4.78 is 7.80. The van der Waals surface area contributed by atoms with E-state index in [1.54, 1.807) is 26.1 Å². The van der Waals surface area contributed by atoms with E-state index >= 15 is 0 Å². The van der Waals surface area contributed by atoms with Crippen LogP contribution in [0.5, 0.6) is 5.75 Å². The lowest BCUT2D eigenvalue weighted by atomic mass is 9.97. The lowest BCUT2D eigenvalue weighted by Crippen LogP contribution is -2.38. The summed E-state index contributed by atoms with van der Waals surface area (Å²) in [5, 5.41) is 0. The van der Waals surface area contributed by atoms with Gasteiger partial charge in [0, 0.05) is 26.2 Å². The molecule has 0 fully saturated rings. The van der Waals surface area contributed by atoms with E-state index in [9.17, 15) is 9.59 Å². The molecule has 1 aromatic carbocycles. The molecule has 0 bridgehead atoms. The number of amides is 1. The fraction of sp³-hybridized carbons (Fsp3) is 0.391. The Morgan fingerprint density at radius 1 is 1.29 bits per heavy atom. The number of hydrogen-bond acceptors (Lipinski definition) is 5. The molecule has 2 aromatic heterocycles. The minimum absolute atomic E-state index is 0.371. The van der Waals surface area contributed by atoms with Crippen molar-refractivity contribution in [3.05, 3.63) is 52.6 Å². The first kappa shape index (κ1) is 20.8. The highest BCUT2D eigenvalue weighted by atomic mass is 16.5. The van der Waals surface area contributed by atoms with E-state index in [0.717, 1.165) is 29.4 Å². The highest BCUT2D eigenvalue weighted by Gasteiger charge is 2.22. The van der Waals surface area contributed by atoms with E-state index in [4.69, 9.17) is 4.74 Å². The summed E-state index contributed by atoms with van der Waals surface area (Å²) in [7, 11) is 4.94. The molecule has 8 nitrogen and oxygen atoms in total. The Kier molecular flexibility index (Phi) is 5.88. The molecule has 0 atom stereocenters. The molecule has 0 saturated heterocycles. The van der Waals surface area contributed by atoms with Gasteiger partial charge in [-0.05, 0) is 44.2 Å². The maximum Gasteiger partial charge on any atom is 0.338 e. The van der Waals surface area contributed by atoms with Crippen molar-refractivity contribution in [2.45, 2.75) is 32.1 Å².